The van der Waals surface area contributed by atoms with Gasteiger partial charge in [-0.15, -0.1) is 0 Å². The van der Waals surface area contributed by atoms with Gasteiger partial charge in [-0.3, -0.25) is 0 Å². The van der Waals surface area contributed by atoms with E-state index >= 15 is 0 Å². The van der Waals surface area contributed by atoms with E-state index in [4.69, 9.17) is 10.0 Å². The highest BCUT2D eigenvalue weighted by Gasteiger charge is 2.20. The lowest BCUT2D eigenvalue weighted by Crippen LogP contribution is -2.32. The molecule has 1 fully saturated rings. The van der Waals surface area contributed by atoms with Crippen molar-refractivity contribution in [3.63, 3.8) is 0 Å². The summed E-state index contributed by atoms with van der Waals surface area (Å²) in [4.78, 5) is 0. The van der Waals surface area contributed by atoms with Crippen LogP contribution in [-0.4, -0.2) is 17.2 Å². The SMILES string of the molecule is CCC1CCC(CCc2ccc(B(O)O)c(F)c2)CC1. The molecule has 2 nitrogen and oxygen atoms in total. The van der Waals surface area contributed by atoms with E-state index in [0.717, 1.165) is 30.2 Å². The first-order valence-corrected chi connectivity index (χ1v) is 7.74. The highest BCUT2D eigenvalue weighted by Crippen LogP contribution is 2.33. The number of hydrogen-bond donors (Lipinski definition) is 2. The zero-order valence-corrected chi connectivity index (χ0v) is 12.2. The van der Waals surface area contributed by atoms with Crippen LogP contribution in [-0.2, 0) is 6.42 Å². The standard InChI is InChI=1S/C16H24BFO2/c1-2-12-3-5-13(6-4-12)7-8-14-9-10-15(17(19)20)16(18)11-14/h9-13,19-20H,2-8H2,1H3. The van der Waals surface area contributed by atoms with Crippen LogP contribution >= 0.6 is 0 Å². The zero-order valence-electron chi connectivity index (χ0n) is 12.2. The van der Waals surface area contributed by atoms with E-state index in [1.807, 2.05) is 0 Å². The summed E-state index contributed by atoms with van der Waals surface area (Å²) < 4.78 is 13.6. The molecule has 110 valence electrons. The van der Waals surface area contributed by atoms with Gasteiger partial charge in [0.2, 0.25) is 0 Å². The van der Waals surface area contributed by atoms with E-state index < -0.39 is 12.9 Å². The Morgan fingerprint density at radius 2 is 1.80 bits per heavy atom. The van der Waals surface area contributed by atoms with Crippen LogP contribution in [0.2, 0.25) is 0 Å². The molecule has 4 heteroatoms. The largest absolute Gasteiger partial charge is 0.491 e. The van der Waals surface area contributed by atoms with Gasteiger partial charge in [0.25, 0.3) is 0 Å². The fourth-order valence-corrected chi connectivity index (χ4v) is 3.23. The average Bonchev–Trinajstić information content (AvgIpc) is 2.45. The molecule has 1 aliphatic carbocycles. The first-order valence-electron chi connectivity index (χ1n) is 7.74. The van der Waals surface area contributed by atoms with Crippen molar-refractivity contribution in [1.82, 2.24) is 0 Å². The van der Waals surface area contributed by atoms with Gasteiger partial charge in [-0.2, -0.15) is 0 Å². The molecule has 2 N–H and O–H groups in total. The lowest BCUT2D eigenvalue weighted by Gasteiger charge is -2.27. The minimum Gasteiger partial charge on any atom is -0.423 e. The van der Waals surface area contributed by atoms with Crippen molar-refractivity contribution in [2.24, 2.45) is 11.8 Å². The Morgan fingerprint density at radius 3 is 2.35 bits per heavy atom. The summed E-state index contributed by atoms with van der Waals surface area (Å²) in [5.41, 5.74) is 0.904. The Kier molecular flexibility index (Phi) is 5.61. The topological polar surface area (TPSA) is 40.5 Å². The monoisotopic (exact) mass is 278 g/mol. The van der Waals surface area contributed by atoms with Crippen LogP contribution in [0.15, 0.2) is 18.2 Å². The van der Waals surface area contributed by atoms with Crippen LogP contribution in [0.5, 0.6) is 0 Å². The first kappa shape index (κ1) is 15.5. The van der Waals surface area contributed by atoms with Gasteiger partial charge < -0.3 is 10.0 Å². The van der Waals surface area contributed by atoms with Crippen molar-refractivity contribution in [1.29, 1.82) is 0 Å². The van der Waals surface area contributed by atoms with E-state index in [0.29, 0.717) is 0 Å². The van der Waals surface area contributed by atoms with E-state index in [1.54, 1.807) is 6.07 Å². The van der Waals surface area contributed by atoms with Crippen LogP contribution in [0.3, 0.4) is 0 Å². The third-order valence-corrected chi connectivity index (χ3v) is 4.73. The molecule has 1 aromatic carbocycles. The molecular formula is C16H24BFO2. The molecule has 0 unspecified atom stereocenters. The predicted molar refractivity (Wildman–Crippen MR) is 80.3 cm³/mol. The first-order chi connectivity index (χ1) is 9.60. The fourth-order valence-electron chi connectivity index (χ4n) is 3.23. The highest BCUT2D eigenvalue weighted by molar-refractivity contribution is 6.58. The van der Waals surface area contributed by atoms with E-state index in [-0.39, 0.29) is 5.46 Å². The molecule has 0 saturated heterocycles. The maximum absolute atomic E-state index is 13.6. The molecule has 2 rings (SSSR count). The third kappa shape index (κ3) is 4.06. The Morgan fingerprint density at radius 1 is 1.15 bits per heavy atom. The van der Waals surface area contributed by atoms with Gasteiger partial charge in [0.15, 0.2) is 0 Å². The molecule has 0 atom stereocenters. The molecule has 0 aliphatic heterocycles. The Balaban J connectivity index is 1.84. The highest BCUT2D eigenvalue weighted by atomic mass is 19.1. The summed E-state index contributed by atoms with van der Waals surface area (Å²) in [6.07, 6.45) is 8.55. The molecule has 0 radical (unpaired) electrons. The summed E-state index contributed by atoms with van der Waals surface area (Å²) in [5, 5.41) is 18.0. The van der Waals surface area contributed by atoms with Gasteiger partial charge in [0.1, 0.15) is 5.82 Å². The minimum absolute atomic E-state index is 0.0443. The zero-order chi connectivity index (χ0) is 14.5. The molecule has 1 aliphatic rings. The number of halogens is 1. The number of hydrogen-bond acceptors (Lipinski definition) is 2. The molecule has 0 aromatic heterocycles. The summed E-state index contributed by atoms with van der Waals surface area (Å²) in [7, 11) is -1.73. The van der Waals surface area contributed by atoms with Gasteiger partial charge >= 0.3 is 7.12 Å². The lowest BCUT2D eigenvalue weighted by atomic mass is 9.77. The second-order valence-electron chi connectivity index (χ2n) is 6.06. The summed E-state index contributed by atoms with van der Waals surface area (Å²) in [6, 6.07) is 4.71. The number of aryl methyl sites for hydroxylation is 1. The Labute approximate surface area is 121 Å². The van der Waals surface area contributed by atoms with Gasteiger partial charge in [-0.25, -0.2) is 4.39 Å². The van der Waals surface area contributed by atoms with Crippen molar-refractivity contribution in [3.8, 4) is 0 Å². The van der Waals surface area contributed by atoms with E-state index in [1.165, 1.54) is 44.2 Å². The Bertz CT molecular complexity index is 428. The van der Waals surface area contributed by atoms with Crippen molar-refractivity contribution >= 4 is 12.6 Å². The van der Waals surface area contributed by atoms with Crippen molar-refractivity contribution < 1.29 is 14.4 Å². The van der Waals surface area contributed by atoms with E-state index in [9.17, 15) is 4.39 Å². The van der Waals surface area contributed by atoms with Crippen molar-refractivity contribution in [3.05, 3.63) is 29.6 Å². The van der Waals surface area contributed by atoms with Crippen LogP contribution in [0, 0.1) is 17.7 Å². The molecule has 0 bridgehead atoms. The quantitative estimate of drug-likeness (QED) is 0.813. The molecule has 0 spiro atoms. The number of benzene rings is 1. The molecule has 0 amide bonds. The summed E-state index contributed by atoms with van der Waals surface area (Å²) in [5.74, 6) is 1.16. The van der Waals surface area contributed by atoms with Gasteiger partial charge in [0, 0.05) is 5.46 Å². The van der Waals surface area contributed by atoms with Gasteiger partial charge in [-0.1, -0.05) is 51.2 Å². The van der Waals surface area contributed by atoms with E-state index in [2.05, 4.69) is 6.92 Å². The van der Waals surface area contributed by atoms with Gasteiger partial charge in [0.05, 0.1) is 0 Å². The molecule has 1 aromatic rings. The maximum atomic E-state index is 13.6. The average molecular weight is 278 g/mol. The van der Waals surface area contributed by atoms with Crippen LogP contribution in [0.4, 0.5) is 4.39 Å². The predicted octanol–water partition coefficient (Wildman–Crippen LogP) is 2.65. The second kappa shape index (κ2) is 7.23. The molecule has 0 heterocycles. The van der Waals surface area contributed by atoms with Crippen LogP contribution in [0.25, 0.3) is 0 Å². The maximum Gasteiger partial charge on any atom is 0.491 e. The fraction of sp³-hybridized carbons (Fsp3) is 0.625. The smallest absolute Gasteiger partial charge is 0.423 e. The van der Waals surface area contributed by atoms with Crippen molar-refractivity contribution in [2.45, 2.75) is 51.9 Å². The minimum atomic E-state index is -1.73. The van der Waals surface area contributed by atoms with Crippen LogP contribution in [0.1, 0.15) is 51.0 Å². The number of rotatable bonds is 5. The summed E-state index contributed by atoms with van der Waals surface area (Å²) >= 11 is 0. The second-order valence-corrected chi connectivity index (χ2v) is 6.06. The third-order valence-electron chi connectivity index (χ3n) is 4.73. The van der Waals surface area contributed by atoms with Gasteiger partial charge in [-0.05, 0) is 36.3 Å². The normalized spacial score (nSPS) is 22.8. The summed E-state index contributed by atoms with van der Waals surface area (Å²) in [6.45, 7) is 2.27. The molecular weight excluding hydrogens is 254 g/mol. The molecule has 20 heavy (non-hydrogen) atoms. The lowest BCUT2D eigenvalue weighted by molar-refractivity contribution is 0.259. The van der Waals surface area contributed by atoms with Crippen molar-refractivity contribution in [2.75, 3.05) is 0 Å². The Hall–Kier alpha value is -0.865. The molecule has 1 saturated carbocycles. The van der Waals surface area contributed by atoms with Crippen LogP contribution < -0.4 is 5.46 Å².